The van der Waals surface area contributed by atoms with Crippen molar-refractivity contribution in [2.45, 2.75) is 136 Å². The highest BCUT2D eigenvalue weighted by Gasteiger charge is 2.13. The van der Waals surface area contributed by atoms with Crippen LogP contribution < -0.4 is 0 Å². The largest absolute Gasteiger partial charge is 0.464 e. The molecule has 0 saturated heterocycles. The zero-order chi connectivity index (χ0) is 22.3. The van der Waals surface area contributed by atoms with E-state index in [9.17, 15) is 9.59 Å². The van der Waals surface area contributed by atoms with Crippen LogP contribution in [0.3, 0.4) is 0 Å². The fraction of sp³-hybridized carbons (Fsp3) is 0.923. The second-order valence-electron chi connectivity index (χ2n) is 8.88. The molecule has 0 spiro atoms. The van der Waals surface area contributed by atoms with Crippen LogP contribution in [0.25, 0.3) is 0 Å². The normalized spacial score (nSPS) is 10.9. The van der Waals surface area contributed by atoms with Crippen molar-refractivity contribution in [1.29, 1.82) is 0 Å². The molecule has 178 valence electrons. The van der Waals surface area contributed by atoms with Crippen molar-refractivity contribution in [1.82, 2.24) is 4.90 Å². The highest BCUT2D eigenvalue weighted by Crippen LogP contribution is 2.13. The summed E-state index contributed by atoms with van der Waals surface area (Å²) in [6, 6.07) is 0. The number of hydrogen-bond acceptors (Lipinski definition) is 3. The molecule has 0 fully saturated rings. The minimum atomic E-state index is -0.289. The Labute approximate surface area is 187 Å². The first-order chi connectivity index (χ1) is 14.6. The minimum absolute atomic E-state index is 0.0243. The Bertz CT molecular complexity index is 398. The van der Waals surface area contributed by atoms with E-state index in [-0.39, 0.29) is 18.4 Å². The van der Waals surface area contributed by atoms with Crippen LogP contribution >= 0.6 is 0 Å². The number of ether oxygens (including phenoxy) is 1. The van der Waals surface area contributed by atoms with E-state index in [1.54, 1.807) is 7.05 Å². The number of nitrogens with zero attached hydrogens (tertiary/aromatic N) is 1. The van der Waals surface area contributed by atoms with E-state index in [1.807, 2.05) is 0 Å². The Morgan fingerprint density at radius 3 is 1.43 bits per heavy atom. The molecule has 0 aromatic carbocycles. The zero-order valence-electron chi connectivity index (χ0n) is 20.5. The molecule has 0 aliphatic carbocycles. The highest BCUT2D eigenvalue weighted by molar-refractivity contribution is 5.81. The minimum Gasteiger partial charge on any atom is -0.464 e. The zero-order valence-corrected chi connectivity index (χ0v) is 20.5. The average molecular weight is 426 g/mol. The summed E-state index contributed by atoms with van der Waals surface area (Å²) in [6.07, 6.45) is 23.7. The molecule has 0 aliphatic rings. The lowest BCUT2D eigenvalue weighted by molar-refractivity contribution is -0.148. The summed E-state index contributed by atoms with van der Waals surface area (Å²) >= 11 is 0. The topological polar surface area (TPSA) is 46.6 Å². The second kappa shape index (κ2) is 22.6. The summed E-state index contributed by atoms with van der Waals surface area (Å²) in [5.74, 6) is -0.264. The van der Waals surface area contributed by atoms with Crippen molar-refractivity contribution in [2.24, 2.45) is 0 Å². The molecule has 4 heteroatoms. The van der Waals surface area contributed by atoms with Gasteiger partial charge in [-0.05, 0) is 12.8 Å². The molecule has 0 aromatic heterocycles. The van der Waals surface area contributed by atoms with Crippen LogP contribution in [-0.4, -0.2) is 37.0 Å². The Kier molecular flexibility index (Phi) is 21.8. The molecule has 0 N–H and O–H groups in total. The van der Waals surface area contributed by atoms with Gasteiger partial charge >= 0.3 is 5.97 Å². The van der Waals surface area contributed by atoms with Gasteiger partial charge in [-0.15, -0.1) is 0 Å². The first kappa shape index (κ1) is 28.9. The summed E-state index contributed by atoms with van der Waals surface area (Å²) in [5.41, 5.74) is 0. The maximum atomic E-state index is 11.8. The molecule has 0 aromatic rings. The number of amides is 1. The summed E-state index contributed by atoms with van der Waals surface area (Å²) in [7, 11) is 1.67. The van der Waals surface area contributed by atoms with Gasteiger partial charge in [0, 0.05) is 13.5 Å². The second-order valence-corrected chi connectivity index (χ2v) is 8.88. The predicted molar refractivity (Wildman–Crippen MR) is 128 cm³/mol. The highest BCUT2D eigenvalue weighted by atomic mass is 16.5. The molecule has 0 rings (SSSR count). The van der Waals surface area contributed by atoms with Crippen molar-refractivity contribution >= 4 is 11.9 Å². The number of esters is 1. The summed E-state index contributed by atoms with van der Waals surface area (Å²) in [5, 5.41) is 0. The van der Waals surface area contributed by atoms with Crippen LogP contribution in [-0.2, 0) is 14.3 Å². The number of rotatable bonds is 22. The van der Waals surface area contributed by atoms with Gasteiger partial charge in [0.2, 0.25) is 5.91 Å². The van der Waals surface area contributed by atoms with E-state index in [4.69, 9.17) is 4.74 Å². The average Bonchev–Trinajstić information content (AvgIpc) is 2.74. The van der Waals surface area contributed by atoms with Gasteiger partial charge in [0.25, 0.3) is 0 Å². The van der Waals surface area contributed by atoms with Gasteiger partial charge in [0.05, 0.1) is 6.61 Å². The molecule has 0 aliphatic heterocycles. The Morgan fingerprint density at radius 2 is 1.00 bits per heavy atom. The van der Waals surface area contributed by atoms with E-state index in [0.29, 0.717) is 13.0 Å². The van der Waals surface area contributed by atoms with Crippen LogP contribution in [0, 0.1) is 0 Å². The van der Waals surface area contributed by atoms with Crippen molar-refractivity contribution in [3.8, 4) is 0 Å². The lowest BCUT2D eigenvalue weighted by Crippen LogP contribution is -2.32. The van der Waals surface area contributed by atoms with Crippen molar-refractivity contribution in [3.05, 3.63) is 0 Å². The molecule has 4 nitrogen and oxygen atoms in total. The van der Waals surface area contributed by atoms with Gasteiger partial charge < -0.3 is 9.64 Å². The SMILES string of the molecule is CCCCCCCCCCCCCCCCCCOC(=O)CN(C)C(=O)CCCC. The van der Waals surface area contributed by atoms with Crippen molar-refractivity contribution < 1.29 is 14.3 Å². The van der Waals surface area contributed by atoms with Crippen molar-refractivity contribution in [3.63, 3.8) is 0 Å². The third-order valence-corrected chi connectivity index (χ3v) is 5.80. The van der Waals surface area contributed by atoms with Gasteiger partial charge in [-0.2, -0.15) is 0 Å². The molecule has 0 heterocycles. The molecular formula is C26H51NO3. The molecule has 30 heavy (non-hydrogen) atoms. The molecule has 0 radical (unpaired) electrons. The number of hydrogen-bond donors (Lipinski definition) is 0. The van der Waals surface area contributed by atoms with Gasteiger partial charge in [-0.3, -0.25) is 9.59 Å². The third-order valence-electron chi connectivity index (χ3n) is 5.80. The van der Waals surface area contributed by atoms with Crippen LogP contribution in [0.1, 0.15) is 136 Å². The summed E-state index contributed by atoms with van der Waals surface area (Å²) in [6.45, 7) is 4.88. The first-order valence-electron chi connectivity index (χ1n) is 13.0. The molecule has 0 saturated carbocycles. The molecular weight excluding hydrogens is 374 g/mol. The van der Waals surface area contributed by atoms with E-state index >= 15 is 0 Å². The Morgan fingerprint density at radius 1 is 0.600 bits per heavy atom. The van der Waals surface area contributed by atoms with E-state index in [2.05, 4.69) is 13.8 Å². The third kappa shape index (κ3) is 20.2. The Balaban J connectivity index is 3.29. The predicted octanol–water partition coefficient (Wildman–Crippen LogP) is 7.44. The first-order valence-corrected chi connectivity index (χ1v) is 13.0. The Hall–Kier alpha value is -1.06. The van der Waals surface area contributed by atoms with Crippen molar-refractivity contribution in [2.75, 3.05) is 20.2 Å². The molecule has 0 unspecified atom stereocenters. The van der Waals surface area contributed by atoms with Gasteiger partial charge in [0.1, 0.15) is 6.54 Å². The van der Waals surface area contributed by atoms with Gasteiger partial charge in [-0.1, -0.05) is 117 Å². The number of carbonyl (C=O) groups excluding carboxylic acids is 2. The van der Waals surface area contributed by atoms with Crippen LogP contribution in [0.15, 0.2) is 0 Å². The monoisotopic (exact) mass is 425 g/mol. The fourth-order valence-electron chi connectivity index (χ4n) is 3.68. The molecule has 1 amide bonds. The smallest absolute Gasteiger partial charge is 0.325 e. The maximum absolute atomic E-state index is 11.8. The maximum Gasteiger partial charge on any atom is 0.325 e. The molecule has 0 atom stereocenters. The number of unbranched alkanes of at least 4 members (excludes halogenated alkanes) is 16. The summed E-state index contributed by atoms with van der Waals surface area (Å²) < 4.78 is 5.25. The van der Waals surface area contributed by atoms with E-state index in [0.717, 1.165) is 25.7 Å². The number of likely N-dealkylation sites (N-methyl/N-ethyl adjacent to an activating group) is 1. The van der Waals surface area contributed by atoms with Gasteiger partial charge in [0.15, 0.2) is 0 Å². The van der Waals surface area contributed by atoms with Crippen LogP contribution in [0.2, 0.25) is 0 Å². The van der Waals surface area contributed by atoms with E-state index in [1.165, 1.54) is 94.8 Å². The lowest BCUT2D eigenvalue weighted by Gasteiger charge is -2.16. The summed E-state index contributed by atoms with van der Waals surface area (Å²) in [4.78, 5) is 25.0. The fourth-order valence-corrected chi connectivity index (χ4v) is 3.68. The number of carbonyl (C=O) groups is 2. The van der Waals surface area contributed by atoms with Crippen LogP contribution in [0.5, 0.6) is 0 Å². The molecule has 0 bridgehead atoms. The van der Waals surface area contributed by atoms with E-state index < -0.39 is 0 Å². The quantitative estimate of drug-likeness (QED) is 0.134. The standard InChI is InChI=1S/C26H51NO3/c1-4-6-8-9-10-11-12-13-14-15-16-17-18-19-20-21-23-30-26(29)24-27(3)25(28)22-7-5-2/h4-24H2,1-3H3. The van der Waals surface area contributed by atoms with Gasteiger partial charge in [-0.25, -0.2) is 0 Å². The lowest BCUT2D eigenvalue weighted by atomic mass is 10.0. The van der Waals surface area contributed by atoms with Crippen LogP contribution in [0.4, 0.5) is 0 Å².